The van der Waals surface area contributed by atoms with Gasteiger partial charge in [0.25, 0.3) is 0 Å². The summed E-state index contributed by atoms with van der Waals surface area (Å²) in [5.74, 6) is -0.887. The molecule has 6 nitrogen and oxygen atoms in total. The van der Waals surface area contributed by atoms with Crippen LogP contribution in [-0.4, -0.2) is 37.2 Å². The fraction of sp³-hybridized carbons (Fsp3) is 0.783. The minimum atomic E-state index is -0.780. The first kappa shape index (κ1) is 63.1. The lowest BCUT2D eigenvalue weighted by molar-refractivity contribution is -0.167. The summed E-state index contributed by atoms with van der Waals surface area (Å²) >= 11 is 0. The standard InChI is InChI=1S/C60H106O6/c1-4-7-10-13-16-19-22-25-28-30-33-35-38-41-44-47-50-53-59(62)65-56-57(55-64-58(61)52-49-46-43-40-37-34-31-27-24-21-18-15-12-9-6-3)66-60(63)54-51-48-45-42-39-36-32-29-26-23-20-17-14-11-8-5-2/h9,12,15-16,18-19,21,24-25,28,57H,4-8,10-11,13-14,17,20,22-23,26-27,29-56H2,1-3H3/b12-9-,18-15-,19-16-,24-21-,28-25-. The van der Waals surface area contributed by atoms with Crippen molar-refractivity contribution in [3.8, 4) is 0 Å². The summed E-state index contributed by atoms with van der Waals surface area (Å²) in [6, 6.07) is 0. The molecule has 0 spiro atoms. The van der Waals surface area contributed by atoms with E-state index in [-0.39, 0.29) is 31.1 Å². The molecular weight excluding hydrogens is 817 g/mol. The van der Waals surface area contributed by atoms with Gasteiger partial charge in [0.1, 0.15) is 13.2 Å². The van der Waals surface area contributed by atoms with E-state index in [9.17, 15) is 14.4 Å². The highest BCUT2D eigenvalue weighted by molar-refractivity contribution is 5.71. The normalized spacial score (nSPS) is 12.5. The maximum Gasteiger partial charge on any atom is 0.306 e. The van der Waals surface area contributed by atoms with Crippen LogP contribution < -0.4 is 0 Å². The summed E-state index contributed by atoms with van der Waals surface area (Å²) in [7, 11) is 0. The predicted octanol–water partition coefficient (Wildman–Crippen LogP) is 18.8. The van der Waals surface area contributed by atoms with Gasteiger partial charge in [0.15, 0.2) is 6.10 Å². The molecule has 0 bridgehead atoms. The molecule has 0 aromatic rings. The Bertz CT molecular complexity index is 1200. The fourth-order valence-electron chi connectivity index (χ4n) is 8.06. The number of allylic oxidation sites excluding steroid dienone is 10. The molecule has 0 radical (unpaired) electrons. The highest BCUT2D eigenvalue weighted by Crippen LogP contribution is 2.16. The molecule has 0 saturated carbocycles. The number of rotatable bonds is 51. The molecule has 0 amide bonds. The molecule has 0 aliphatic carbocycles. The van der Waals surface area contributed by atoms with Crippen LogP contribution in [0.2, 0.25) is 0 Å². The van der Waals surface area contributed by atoms with E-state index in [0.29, 0.717) is 19.3 Å². The summed E-state index contributed by atoms with van der Waals surface area (Å²) in [4.78, 5) is 38.1. The second-order valence-electron chi connectivity index (χ2n) is 18.9. The smallest absolute Gasteiger partial charge is 0.306 e. The maximum absolute atomic E-state index is 12.8. The monoisotopic (exact) mass is 923 g/mol. The van der Waals surface area contributed by atoms with Gasteiger partial charge in [-0.3, -0.25) is 14.4 Å². The second kappa shape index (κ2) is 54.7. The Hall–Kier alpha value is -2.89. The third-order valence-corrected chi connectivity index (χ3v) is 12.3. The summed E-state index contributed by atoms with van der Waals surface area (Å²) in [6.07, 6.45) is 67.7. The van der Waals surface area contributed by atoms with Crippen molar-refractivity contribution >= 4 is 17.9 Å². The van der Waals surface area contributed by atoms with Gasteiger partial charge in [0.2, 0.25) is 0 Å². The minimum absolute atomic E-state index is 0.0801. The summed E-state index contributed by atoms with van der Waals surface area (Å²) in [6.45, 7) is 6.50. The molecule has 0 aliphatic rings. The molecule has 1 atom stereocenters. The lowest BCUT2D eigenvalue weighted by Crippen LogP contribution is -2.30. The molecule has 0 saturated heterocycles. The van der Waals surface area contributed by atoms with Crippen LogP contribution in [0.5, 0.6) is 0 Å². The SMILES string of the molecule is CC\C=C/C=C\C=C/CCCCCCCCCC(=O)OCC(COC(=O)CCCCCCCCC/C=C\C/C=C\CCCCC)OC(=O)CCCCCCCCCCCCCCCCCC. The van der Waals surface area contributed by atoms with Gasteiger partial charge in [0, 0.05) is 19.3 Å². The van der Waals surface area contributed by atoms with Crippen molar-refractivity contribution < 1.29 is 28.6 Å². The van der Waals surface area contributed by atoms with Crippen molar-refractivity contribution in [2.75, 3.05) is 13.2 Å². The number of hydrogen-bond acceptors (Lipinski definition) is 6. The number of esters is 3. The van der Waals surface area contributed by atoms with Crippen LogP contribution in [0.3, 0.4) is 0 Å². The van der Waals surface area contributed by atoms with Gasteiger partial charge >= 0.3 is 17.9 Å². The van der Waals surface area contributed by atoms with Crippen LogP contribution in [0.4, 0.5) is 0 Å². The van der Waals surface area contributed by atoms with E-state index in [4.69, 9.17) is 14.2 Å². The van der Waals surface area contributed by atoms with Gasteiger partial charge in [-0.25, -0.2) is 0 Å². The molecule has 0 rings (SSSR count). The second-order valence-corrected chi connectivity index (χ2v) is 18.9. The first-order chi connectivity index (χ1) is 32.5. The Balaban J connectivity index is 4.38. The molecule has 0 aromatic heterocycles. The van der Waals surface area contributed by atoms with E-state index in [1.807, 2.05) is 0 Å². The van der Waals surface area contributed by atoms with E-state index in [1.54, 1.807) is 0 Å². The highest BCUT2D eigenvalue weighted by atomic mass is 16.6. The van der Waals surface area contributed by atoms with Gasteiger partial charge in [0.05, 0.1) is 0 Å². The van der Waals surface area contributed by atoms with Crippen LogP contribution >= 0.6 is 0 Å². The topological polar surface area (TPSA) is 78.9 Å². The van der Waals surface area contributed by atoms with Crippen molar-refractivity contribution in [3.63, 3.8) is 0 Å². The van der Waals surface area contributed by atoms with E-state index in [0.717, 1.165) is 83.5 Å². The van der Waals surface area contributed by atoms with Gasteiger partial charge in [-0.05, 0) is 70.6 Å². The van der Waals surface area contributed by atoms with Gasteiger partial charge in [-0.2, -0.15) is 0 Å². The highest BCUT2D eigenvalue weighted by Gasteiger charge is 2.19. The number of ether oxygens (including phenoxy) is 3. The zero-order chi connectivity index (χ0) is 47.9. The molecule has 382 valence electrons. The first-order valence-corrected chi connectivity index (χ1v) is 28.3. The molecule has 0 heterocycles. The van der Waals surface area contributed by atoms with Crippen LogP contribution in [0.15, 0.2) is 60.8 Å². The maximum atomic E-state index is 12.8. The zero-order valence-corrected chi connectivity index (χ0v) is 43.7. The summed E-state index contributed by atoms with van der Waals surface area (Å²) in [5.41, 5.74) is 0. The third-order valence-electron chi connectivity index (χ3n) is 12.3. The van der Waals surface area contributed by atoms with Crippen molar-refractivity contribution in [1.82, 2.24) is 0 Å². The predicted molar refractivity (Wildman–Crippen MR) is 284 cm³/mol. The average molecular weight is 924 g/mol. The number of hydrogen-bond donors (Lipinski definition) is 0. The van der Waals surface area contributed by atoms with Gasteiger partial charge in [-0.15, -0.1) is 0 Å². The van der Waals surface area contributed by atoms with E-state index < -0.39 is 6.10 Å². The number of carbonyl (C=O) groups excluding carboxylic acids is 3. The van der Waals surface area contributed by atoms with Crippen LogP contribution in [0.1, 0.15) is 284 Å². The Morgan fingerprint density at radius 2 is 0.652 bits per heavy atom. The van der Waals surface area contributed by atoms with Gasteiger partial charge < -0.3 is 14.2 Å². The average Bonchev–Trinajstić information content (AvgIpc) is 3.31. The lowest BCUT2D eigenvalue weighted by Gasteiger charge is -2.18. The third kappa shape index (κ3) is 52.1. The summed E-state index contributed by atoms with van der Waals surface area (Å²) < 4.78 is 16.9. The van der Waals surface area contributed by atoms with Crippen molar-refractivity contribution in [2.45, 2.75) is 290 Å². The van der Waals surface area contributed by atoms with Crippen molar-refractivity contribution in [1.29, 1.82) is 0 Å². The van der Waals surface area contributed by atoms with Crippen LogP contribution in [0, 0.1) is 0 Å². The number of carbonyl (C=O) groups is 3. The Morgan fingerprint density at radius 3 is 1.06 bits per heavy atom. The minimum Gasteiger partial charge on any atom is -0.462 e. The molecule has 66 heavy (non-hydrogen) atoms. The van der Waals surface area contributed by atoms with Gasteiger partial charge in [-0.1, -0.05) is 255 Å². The Labute approximate surface area is 409 Å². The molecule has 6 heteroatoms. The molecule has 0 fully saturated rings. The Kier molecular flexibility index (Phi) is 52.3. The lowest BCUT2D eigenvalue weighted by atomic mass is 10.0. The van der Waals surface area contributed by atoms with E-state index in [1.165, 1.54) is 161 Å². The fourth-order valence-corrected chi connectivity index (χ4v) is 8.06. The van der Waals surface area contributed by atoms with Crippen molar-refractivity contribution in [3.05, 3.63) is 60.8 Å². The van der Waals surface area contributed by atoms with Crippen molar-refractivity contribution in [2.24, 2.45) is 0 Å². The zero-order valence-electron chi connectivity index (χ0n) is 43.7. The van der Waals surface area contributed by atoms with E-state index in [2.05, 4.69) is 81.5 Å². The summed E-state index contributed by atoms with van der Waals surface area (Å²) in [5, 5.41) is 0. The Morgan fingerprint density at radius 1 is 0.333 bits per heavy atom. The molecule has 0 aliphatic heterocycles. The molecule has 0 aromatic carbocycles. The molecule has 1 unspecified atom stereocenters. The first-order valence-electron chi connectivity index (χ1n) is 28.3. The van der Waals surface area contributed by atoms with E-state index >= 15 is 0 Å². The molecular formula is C60H106O6. The quantitative estimate of drug-likeness (QED) is 0.0199. The number of unbranched alkanes of at least 4 members (excludes halogenated alkanes) is 32. The largest absolute Gasteiger partial charge is 0.462 e. The molecule has 0 N–H and O–H groups in total. The van der Waals surface area contributed by atoms with Crippen LogP contribution in [-0.2, 0) is 28.6 Å². The van der Waals surface area contributed by atoms with Crippen LogP contribution in [0.25, 0.3) is 0 Å².